The summed E-state index contributed by atoms with van der Waals surface area (Å²) in [6, 6.07) is 14.4. The molecule has 1 aliphatic rings. The van der Waals surface area contributed by atoms with Gasteiger partial charge in [-0.25, -0.2) is 9.56 Å². The van der Waals surface area contributed by atoms with Crippen LogP contribution in [0.3, 0.4) is 0 Å². The second kappa shape index (κ2) is 5.28. The number of hydrogen-bond acceptors (Lipinski definition) is 4. The molecule has 0 saturated carbocycles. The number of nitrogens with zero attached hydrogens (tertiary/aromatic N) is 2. The molecule has 1 N–H and O–H groups in total. The summed E-state index contributed by atoms with van der Waals surface area (Å²) in [4.78, 5) is 28.6. The van der Waals surface area contributed by atoms with E-state index in [1.54, 1.807) is 36.4 Å². The van der Waals surface area contributed by atoms with Gasteiger partial charge in [0.05, 0.1) is 16.6 Å². The van der Waals surface area contributed by atoms with Gasteiger partial charge in [0.1, 0.15) is 4.88 Å². The summed E-state index contributed by atoms with van der Waals surface area (Å²) < 4.78 is 1.23. The van der Waals surface area contributed by atoms with Crippen molar-refractivity contribution >= 4 is 22.8 Å². The smallest absolute Gasteiger partial charge is 0.315 e. The highest BCUT2D eigenvalue weighted by Crippen LogP contribution is 2.31. The molecule has 4 rings (SSSR count). The molecule has 6 heteroatoms. The minimum Gasteiger partial charge on any atom is -0.493 e. The maximum absolute atomic E-state index is 12.5. The van der Waals surface area contributed by atoms with Crippen molar-refractivity contribution in [1.82, 2.24) is 4.57 Å². The lowest BCUT2D eigenvalue weighted by molar-refractivity contribution is -0.112. The number of para-hydroxylation sites is 2. The normalized spacial score (nSPS) is 13.0. The average Bonchev–Trinajstić information content (AvgIpc) is 3.04. The highest BCUT2D eigenvalue weighted by atomic mass is 32.1. The zero-order valence-electron chi connectivity index (χ0n) is 12.7. The predicted molar refractivity (Wildman–Crippen MR) is 91.1 cm³/mol. The summed E-state index contributed by atoms with van der Waals surface area (Å²) in [5, 5.41) is 11.8. The van der Waals surface area contributed by atoms with Gasteiger partial charge in [-0.2, -0.15) is 0 Å². The van der Waals surface area contributed by atoms with Crippen molar-refractivity contribution in [2.24, 2.45) is 4.99 Å². The topological polar surface area (TPSA) is 71.7 Å². The standard InChI is InChI=1S/C18H12N2O3S/c1-10-6-2-5-9-13(10)20-17(22)15(24-18(20)23)14-11-7-3-4-8-12(11)19-16(14)21/h2-9,22H,1H3. The van der Waals surface area contributed by atoms with E-state index in [9.17, 15) is 14.7 Å². The lowest BCUT2D eigenvalue weighted by Gasteiger charge is -2.07. The molecule has 0 atom stereocenters. The Morgan fingerprint density at radius 2 is 1.75 bits per heavy atom. The van der Waals surface area contributed by atoms with Gasteiger partial charge in [0.15, 0.2) is 0 Å². The number of fused-ring (bicyclic) bond motifs is 1. The monoisotopic (exact) mass is 336 g/mol. The molecule has 1 amide bonds. The molecule has 0 aliphatic carbocycles. The number of carbonyl (C=O) groups excluding carboxylic acids is 1. The first-order valence-corrected chi connectivity index (χ1v) is 8.13. The zero-order valence-corrected chi connectivity index (χ0v) is 13.5. The van der Waals surface area contributed by atoms with Crippen LogP contribution < -0.4 is 15.4 Å². The van der Waals surface area contributed by atoms with Gasteiger partial charge >= 0.3 is 4.87 Å². The Labute approximate surface area is 140 Å². The van der Waals surface area contributed by atoms with Crippen LogP contribution in [0.15, 0.2) is 58.3 Å². The Bertz CT molecular complexity index is 1170. The number of aromatic nitrogens is 1. The van der Waals surface area contributed by atoms with E-state index >= 15 is 0 Å². The largest absolute Gasteiger partial charge is 0.493 e. The minimum absolute atomic E-state index is 0.227. The number of aryl methyl sites for hydroxylation is 1. The molecule has 0 spiro atoms. The summed E-state index contributed by atoms with van der Waals surface area (Å²) in [6.07, 6.45) is 0. The van der Waals surface area contributed by atoms with E-state index < -0.39 is 5.91 Å². The second-order valence-electron chi connectivity index (χ2n) is 5.45. The van der Waals surface area contributed by atoms with Crippen LogP contribution in [0, 0.1) is 6.92 Å². The summed E-state index contributed by atoms with van der Waals surface area (Å²) in [7, 11) is 0. The fourth-order valence-electron chi connectivity index (χ4n) is 2.84. The lowest BCUT2D eigenvalue weighted by atomic mass is 10.1. The van der Waals surface area contributed by atoms with E-state index in [-0.39, 0.29) is 21.2 Å². The summed E-state index contributed by atoms with van der Waals surface area (Å²) in [5.41, 5.74) is 1.73. The van der Waals surface area contributed by atoms with E-state index in [4.69, 9.17) is 0 Å². The highest BCUT2D eigenvalue weighted by molar-refractivity contribution is 7.11. The predicted octanol–water partition coefficient (Wildman–Crippen LogP) is 1.27. The van der Waals surface area contributed by atoms with Gasteiger partial charge in [-0.05, 0) is 24.6 Å². The Morgan fingerprint density at radius 3 is 2.54 bits per heavy atom. The molecule has 0 unspecified atom stereocenters. The van der Waals surface area contributed by atoms with Crippen molar-refractivity contribution < 1.29 is 9.90 Å². The van der Waals surface area contributed by atoms with Crippen molar-refractivity contribution in [1.29, 1.82) is 0 Å². The van der Waals surface area contributed by atoms with E-state index in [2.05, 4.69) is 4.99 Å². The molecule has 2 heterocycles. The molecular formula is C18H12N2O3S. The molecule has 118 valence electrons. The third-order valence-corrected chi connectivity index (χ3v) is 4.93. The van der Waals surface area contributed by atoms with Crippen molar-refractivity contribution in [3.8, 4) is 11.6 Å². The summed E-state index contributed by atoms with van der Waals surface area (Å²) >= 11 is 0.849. The third-order valence-electron chi connectivity index (χ3n) is 3.98. The first-order valence-electron chi connectivity index (χ1n) is 7.31. The van der Waals surface area contributed by atoms with Gasteiger partial charge in [-0.3, -0.25) is 9.59 Å². The summed E-state index contributed by atoms with van der Waals surface area (Å²) in [6.45, 7) is 1.86. The Kier molecular flexibility index (Phi) is 3.21. The number of aromatic hydroxyl groups is 1. The van der Waals surface area contributed by atoms with Crippen molar-refractivity contribution in [3.05, 3.63) is 79.2 Å². The second-order valence-corrected chi connectivity index (χ2v) is 6.41. The van der Waals surface area contributed by atoms with Gasteiger partial charge in [0.25, 0.3) is 5.91 Å². The SMILES string of the molecule is Cc1ccccc1-n1c(O)c(C2=c3ccccc3=NC2=O)sc1=O. The Morgan fingerprint density at radius 1 is 1.04 bits per heavy atom. The van der Waals surface area contributed by atoms with Crippen LogP contribution in [0.25, 0.3) is 11.3 Å². The number of amides is 1. The van der Waals surface area contributed by atoms with E-state index in [0.29, 0.717) is 16.3 Å². The van der Waals surface area contributed by atoms with Crippen molar-refractivity contribution in [2.75, 3.05) is 0 Å². The van der Waals surface area contributed by atoms with Gasteiger partial charge in [-0.1, -0.05) is 47.7 Å². The van der Waals surface area contributed by atoms with Crippen LogP contribution >= 0.6 is 11.3 Å². The highest BCUT2D eigenvalue weighted by Gasteiger charge is 2.26. The summed E-state index contributed by atoms with van der Waals surface area (Å²) in [5.74, 6) is -0.667. The van der Waals surface area contributed by atoms with E-state index in [1.165, 1.54) is 4.57 Å². The molecule has 5 nitrogen and oxygen atoms in total. The number of hydrogen-bond donors (Lipinski definition) is 1. The lowest BCUT2D eigenvalue weighted by Crippen LogP contribution is -2.22. The fraction of sp³-hybridized carbons (Fsp3) is 0.0556. The fourth-order valence-corrected chi connectivity index (χ4v) is 3.77. The van der Waals surface area contributed by atoms with Gasteiger partial charge in [0, 0.05) is 5.22 Å². The van der Waals surface area contributed by atoms with E-state index in [1.807, 2.05) is 19.1 Å². The average molecular weight is 336 g/mol. The number of carbonyl (C=O) groups is 1. The number of rotatable bonds is 2. The first-order chi connectivity index (χ1) is 11.6. The van der Waals surface area contributed by atoms with Crippen LogP contribution in [0.1, 0.15) is 10.4 Å². The van der Waals surface area contributed by atoms with Crippen LogP contribution in [0.4, 0.5) is 0 Å². The molecule has 3 aromatic rings. The first kappa shape index (κ1) is 14.6. The number of thiazole rings is 1. The quantitative estimate of drug-likeness (QED) is 0.766. The molecule has 0 radical (unpaired) electrons. The van der Waals surface area contributed by atoms with Crippen LogP contribution in [0.5, 0.6) is 5.88 Å². The molecule has 24 heavy (non-hydrogen) atoms. The molecule has 2 aromatic carbocycles. The molecule has 0 saturated heterocycles. The molecular weight excluding hydrogens is 324 g/mol. The Balaban J connectivity index is 2.04. The van der Waals surface area contributed by atoms with Crippen LogP contribution in [-0.4, -0.2) is 15.6 Å². The zero-order chi connectivity index (χ0) is 16.8. The van der Waals surface area contributed by atoms with Crippen molar-refractivity contribution in [2.45, 2.75) is 6.92 Å². The van der Waals surface area contributed by atoms with Gasteiger partial charge < -0.3 is 5.11 Å². The van der Waals surface area contributed by atoms with Crippen LogP contribution in [0.2, 0.25) is 0 Å². The maximum atomic E-state index is 12.5. The van der Waals surface area contributed by atoms with Gasteiger partial charge in [-0.15, -0.1) is 0 Å². The Hall–Kier alpha value is -2.99. The maximum Gasteiger partial charge on any atom is 0.315 e. The molecule has 1 aromatic heterocycles. The molecule has 0 fully saturated rings. The molecule has 1 aliphatic heterocycles. The van der Waals surface area contributed by atoms with Gasteiger partial charge in [0.2, 0.25) is 5.88 Å². The number of benzene rings is 2. The molecule has 0 bridgehead atoms. The van der Waals surface area contributed by atoms with Crippen LogP contribution in [-0.2, 0) is 4.79 Å². The van der Waals surface area contributed by atoms with E-state index in [0.717, 1.165) is 16.9 Å². The minimum atomic E-state index is -0.440. The third kappa shape index (κ3) is 2.04. The van der Waals surface area contributed by atoms with Crippen molar-refractivity contribution in [3.63, 3.8) is 0 Å².